The minimum atomic E-state index is 0.0191. The van der Waals surface area contributed by atoms with Gasteiger partial charge in [0.1, 0.15) is 6.10 Å². The van der Waals surface area contributed by atoms with Gasteiger partial charge in [-0.3, -0.25) is 4.90 Å². The number of hydrogen-bond donors (Lipinski definition) is 0. The van der Waals surface area contributed by atoms with Crippen LogP contribution in [0, 0.1) is 5.92 Å². The molecule has 0 atom stereocenters. The van der Waals surface area contributed by atoms with Gasteiger partial charge in [-0.05, 0) is 55.0 Å². The molecule has 3 aromatic rings. The zero-order valence-electron chi connectivity index (χ0n) is 18.3. The number of hydrogen-bond acceptors (Lipinski definition) is 2. The smallest absolute Gasteiger partial charge is 0.108 e. The van der Waals surface area contributed by atoms with Crippen LogP contribution in [0.4, 0.5) is 0 Å². The van der Waals surface area contributed by atoms with Crippen LogP contribution in [0.5, 0.6) is 0 Å². The Balaban J connectivity index is 1.22. The summed E-state index contributed by atoms with van der Waals surface area (Å²) in [7, 11) is 0. The van der Waals surface area contributed by atoms with Crippen molar-refractivity contribution in [3.8, 4) is 0 Å². The number of rotatable bonds is 9. The summed E-state index contributed by atoms with van der Waals surface area (Å²) in [5.41, 5.74) is 3.74. The van der Waals surface area contributed by atoms with Crippen LogP contribution in [0.2, 0.25) is 0 Å². The fourth-order valence-corrected chi connectivity index (χ4v) is 4.35. The maximum absolute atomic E-state index is 6.43. The number of ether oxygens (including phenoxy) is 1. The standard InChI is InChI=1S/C29H33NO/c1-4-11-25(12-5-1)13-10-21-30-22-18-26(19-23-30)20-24-31-29(27-14-6-2-7-15-27)28-16-8-3-9-17-28/h1-17,26,29H,18-24H2/b13-10+. The Labute approximate surface area is 187 Å². The predicted octanol–water partition coefficient (Wildman–Crippen LogP) is 6.61. The van der Waals surface area contributed by atoms with Gasteiger partial charge in [0.25, 0.3) is 0 Å². The molecule has 0 unspecified atom stereocenters. The van der Waals surface area contributed by atoms with Crippen LogP contribution in [0.15, 0.2) is 97.1 Å². The monoisotopic (exact) mass is 411 g/mol. The first-order valence-electron chi connectivity index (χ1n) is 11.5. The van der Waals surface area contributed by atoms with E-state index in [0.29, 0.717) is 0 Å². The summed E-state index contributed by atoms with van der Waals surface area (Å²) in [5, 5.41) is 0. The normalized spacial score (nSPS) is 15.6. The van der Waals surface area contributed by atoms with Gasteiger partial charge >= 0.3 is 0 Å². The molecule has 31 heavy (non-hydrogen) atoms. The highest BCUT2D eigenvalue weighted by atomic mass is 16.5. The van der Waals surface area contributed by atoms with E-state index in [1.54, 1.807) is 0 Å². The quantitative estimate of drug-likeness (QED) is 0.393. The third-order valence-electron chi connectivity index (χ3n) is 6.20. The minimum Gasteiger partial charge on any atom is -0.369 e. The number of piperidine rings is 1. The van der Waals surface area contributed by atoms with E-state index in [2.05, 4.69) is 108 Å². The lowest BCUT2D eigenvalue weighted by atomic mass is 9.94. The van der Waals surface area contributed by atoms with Crippen LogP contribution in [-0.2, 0) is 4.74 Å². The Bertz CT molecular complexity index is 860. The molecule has 0 aromatic heterocycles. The molecule has 0 N–H and O–H groups in total. The highest BCUT2D eigenvalue weighted by Crippen LogP contribution is 2.27. The van der Waals surface area contributed by atoms with Gasteiger partial charge in [0, 0.05) is 13.2 Å². The van der Waals surface area contributed by atoms with Crippen LogP contribution >= 0.6 is 0 Å². The van der Waals surface area contributed by atoms with Gasteiger partial charge < -0.3 is 4.74 Å². The van der Waals surface area contributed by atoms with Gasteiger partial charge in [0.2, 0.25) is 0 Å². The summed E-state index contributed by atoms with van der Waals surface area (Å²) in [6, 6.07) is 31.7. The highest BCUT2D eigenvalue weighted by molar-refractivity contribution is 5.48. The molecule has 2 heteroatoms. The Morgan fingerprint density at radius 3 is 1.90 bits per heavy atom. The second kappa shape index (κ2) is 11.6. The van der Waals surface area contributed by atoms with Gasteiger partial charge in [-0.15, -0.1) is 0 Å². The van der Waals surface area contributed by atoms with Gasteiger partial charge in [-0.1, -0.05) is 103 Å². The van der Waals surface area contributed by atoms with E-state index >= 15 is 0 Å². The minimum absolute atomic E-state index is 0.0191. The topological polar surface area (TPSA) is 12.5 Å². The van der Waals surface area contributed by atoms with Crippen molar-refractivity contribution in [2.45, 2.75) is 25.4 Å². The molecule has 1 aliphatic heterocycles. The molecule has 4 rings (SSSR count). The second-order valence-electron chi connectivity index (χ2n) is 8.42. The fraction of sp³-hybridized carbons (Fsp3) is 0.310. The van der Waals surface area contributed by atoms with E-state index < -0.39 is 0 Å². The van der Waals surface area contributed by atoms with Gasteiger partial charge in [0.15, 0.2) is 0 Å². The van der Waals surface area contributed by atoms with Crippen molar-refractivity contribution < 1.29 is 4.74 Å². The summed E-state index contributed by atoms with van der Waals surface area (Å²) >= 11 is 0. The summed E-state index contributed by atoms with van der Waals surface area (Å²) < 4.78 is 6.43. The molecule has 0 radical (unpaired) electrons. The summed E-state index contributed by atoms with van der Waals surface area (Å²) in [6.45, 7) is 4.23. The number of benzene rings is 3. The van der Waals surface area contributed by atoms with Crippen LogP contribution in [0.1, 0.15) is 42.1 Å². The molecule has 0 saturated carbocycles. The van der Waals surface area contributed by atoms with Crippen LogP contribution in [-0.4, -0.2) is 31.1 Å². The lowest BCUT2D eigenvalue weighted by Crippen LogP contribution is -2.34. The molecule has 1 fully saturated rings. The lowest BCUT2D eigenvalue weighted by molar-refractivity contribution is 0.0610. The first kappa shape index (κ1) is 21.5. The van der Waals surface area contributed by atoms with Crippen molar-refractivity contribution in [1.82, 2.24) is 4.90 Å². The molecule has 2 nitrogen and oxygen atoms in total. The van der Waals surface area contributed by atoms with Crippen molar-refractivity contribution in [1.29, 1.82) is 0 Å². The van der Waals surface area contributed by atoms with Gasteiger partial charge in [0.05, 0.1) is 0 Å². The zero-order valence-corrected chi connectivity index (χ0v) is 18.3. The molecule has 0 spiro atoms. The molecule has 1 heterocycles. The van der Waals surface area contributed by atoms with E-state index in [-0.39, 0.29) is 6.10 Å². The van der Waals surface area contributed by atoms with Crippen LogP contribution in [0.25, 0.3) is 6.08 Å². The molecule has 0 aliphatic carbocycles. The summed E-state index contributed by atoms with van der Waals surface area (Å²) in [4.78, 5) is 2.56. The van der Waals surface area contributed by atoms with E-state index in [0.717, 1.165) is 25.5 Å². The van der Waals surface area contributed by atoms with Crippen LogP contribution in [0.3, 0.4) is 0 Å². The first-order chi connectivity index (χ1) is 15.4. The maximum atomic E-state index is 6.43. The van der Waals surface area contributed by atoms with Crippen molar-refractivity contribution in [3.05, 3.63) is 114 Å². The van der Waals surface area contributed by atoms with Gasteiger partial charge in [-0.25, -0.2) is 0 Å². The van der Waals surface area contributed by atoms with Crippen LogP contribution < -0.4 is 0 Å². The number of likely N-dealkylation sites (tertiary alicyclic amines) is 1. The molecule has 160 valence electrons. The molecular weight excluding hydrogens is 378 g/mol. The maximum Gasteiger partial charge on any atom is 0.108 e. The average Bonchev–Trinajstić information content (AvgIpc) is 2.85. The largest absolute Gasteiger partial charge is 0.369 e. The average molecular weight is 412 g/mol. The number of nitrogens with zero attached hydrogens (tertiary/aromatic N) is 1. The molecular formula is C29H33NO. The Morgan fingerprint density at radius 2 is 1.32 bits per heavy atom. The SMILES string of the molecule is C(=C\c1ccccc1)/CN1CCC(CCOC(c2ccccc2)c2ccccc2)CC1. The second-order valence-corrected chi connectivity index (χ2v) is 8.42. The summed E-state index contributed by atoms with van der Waals surface area (Å²) in [6.07, 6.45) is 8.22. The third kappa shape index (κ3) is 6.65. The highest BCUT2D eigenvalue weighted by Gasteiger charge is 2.20. The molecule has 1 saturated heterocycles. The first-order valence-corrected chi connectivity index (χ1v) is 11.5. The predicted molar refractivity (Wildman–Crippen MR) is 130 cm³/mol. The Kier molecular flexibility index (Phi) is 8.09. The zero-order chi connectivity index (χ0) is 21.1. The van der Waals surface area contributed by atoms with Crippen molar-refractivity contribution in [2.24, 2.45) is 5.92 Å². The van der Waals surface area contributed by atoms with E-state index in [1.807, 2.05) is 0 Å². The molecule has 3 aromatic carbocycles. The van der Waals surface area contributed by atoms with Crippen molar-refractivity contribution in [3.63, 3.8) is 0 Å². The van der Waals surface area contributed by atoms with Crippen molar-refractivity contribution >= 4 is 6.08 Å². The fourth-order valence-electron chi connectivity index (χ4n) is 4.35. The summed E-state index contributed by atoms with van der Waals surface area (Å²) in [5.74, 6) is 0.765. The van der Waals surface area contributed by atoms with Crippen molar-refractivity contribution in [2.75, 3.05) is 26.2 Å². The van der Waals surface area contributed by atoms with E-state index in [4.69, 9.17) is 4.74 Å². The van der Waals surface area contributed by atoms with Gasteiger partial charge in [-0.2, -0.15) is 0 Å². The molecule has 1 aliphatic rings. The third-order valence-corrected chi connectivity index (χ3v) is 6.20. The molecule has 0 bridgehead atoms. The Hall–Kier alpha value is -2.68. The molecule has 0 amide bonds. The van der Waals surface area contributed by atoms with E-state index in [1.165, 1.54) is 42.6 Å². The van der Waals surface area contributed by atoms with E-state index in [9.17, 15) is 0 Å². The Morgan fingerprint density at radius 1 is 0.774 bits per heavy atom. The lowest BCUT2D eigenvalue weighted by Gasteiger charge is -2.31.